The average molecular weight is 515 g/mol. The number of nitrogens with zero attached hydrogens (tertiary/aromatic N) is 2. The van der Waals surface area contributed by atoms with Crippen LogP contribution in [-0.2, 0) is 16.1 Å². The van der Waals surface area contributed by atoms with Gasteiger partial charge in [-0.05, 0) is 51.9 Å². The van der Waals surface area contributed by atoms with Gasteiger partial charge in [0.2, 0.25) is 5.91 Å². The molecule has 1 saturated heterocycles. The van der Waals surface area contributed by atoms with Crippen LogP contribution in [0.2, 0.25) is 5.02 Å². The highest BCUT2D eigenvalue weighted by Crippen LogP contribution is 2.77. The van der Waals surface area contributed by atoms with Crippen molar-refractivity contribution in [1.82, 2.24) is 4.90 Å². The van der Waals surface area contributed by atoms with Crippen molar-refractivity contribution in [2.75, 3.05) is 6.54 Å². The van der Waals surface area contributed by atoms with Gasteiger partial charge < -0.3 is 9.74 Å². The van der Waals surface area contributed by atoms with E-state index in [2.05, 4.69) is 77.7 Å². The molecule has 3 atom stereocenters. The second-order valence-electron chi connectivity index (χ2n) is 11.1. The minimum Gasteiger partial charge on any atom is -0.384 e. The van der Waals surface area contributed by atoms with E-state index >= 15 is 4.79 Å². The molecule has 0 radical (unpaired) electrons. The molecule has 184 valence electrons. The zero-order chi connectivity index (χ0) is 25.2. The molecular weight excluding hydrogens is 492 g/mol. The quantitative estimate of drug-likeness (QED) is 0.302. The summed E-state index contributed by atoms with van der Waals surface area (Å²) in [6.45, 7) is 0.674. The second kappa shape index (κ2) is 6.95. The minimum absolute atomic E-state index is 0.127. The molecule has 3 aliphatic heterocycles. The normalized spacial score (nSPS) is 30.9. The summed E-state index contributed by atoms with van der Waals surface area (Å²) in [7, 11) is 0. The Morgan fingerprint density at radius 3 is 2.00 bits per heavy atom. The second-order valence-corrected chi connectivity index (χ2v) is 11.5. The Morgan fingerprint density at radius 2 is 1.34 bits per heavy atom. The predicted molar refractivity (Wildman–Crippen MR) is 145 cm³/mol. The molecule has 3 heterocycles. The number of amides is 1. The Kier molecular flexibility index (Phi) is 3.85. The number of fused-ring (bicyclic) bond motifs is 3. The van der Waals surface area contributed by atoms with E-state index in [9.17, 15) is 0 Å². The highest BCUT2D eigenvalue weighted by atomic mass is 35.5. The lowest BCUT2D eigenvalue weighted by atomic mass is 9.43. The zero-order valence-corrected chi connectivity index (χ0v) is 21.2. The molecule has 2 bridgehead atoms. The van der Waals surface area contributed by atoms with Crippen LogP contribution in [0.1, 0.15) is 56.8 Å². The van der Waals surface area contributed by atoms with E-state index in [1.165, 1.54) is 33.4 Å². The molecule has 2 unspecified atom stereocenters. The SMILES string of the molecule is O=C1N2CCc3ccccc3[C@@H]2C23ON=C(c4ccc(Cl)cc4)C12C1c2ccccc2C3c2ccccc21. The number of hydrogen-bond donors (Lipinski definition) is 0. The third-order valence-corrected chi connectivity index (χ3v) is 10.0. The Balaban J connectivity index is 1.44. The largest absolute Gasteiger partial charge is 0.384 e. The van der Waals surface area contributed by atoms with E-state index in [0.717, 1.165) is 17.7 Å². The molecule has 4 aromatic carbocycles. The molecule has 1 amide bonds. The number of carbonyl (C=O) groups is 1. The van der Waals surface area contributed by atoms with E-state index < -0.39 is 11.0 Å². The van der Waals surface area contributed by atoms with Crippen LogP contribution in [0.15, 0.2) is 102 Å². The number of rotatable bonds is 1. The maximum Gasteiger partial charge on any atom is 0.241 e. The van der Waals surface area contributed by atoms with E-state index in [4.69, 9.17) is 21.6 Å². The molecule has 3 aliphatic carbocycles. The smallest absolute Gasteiger partial charge is 0.241 e. The summed E-state index contributed by atoms with van der Waals surface area (Å²) in [5.74, 6) is -0.220. The van der Waals surface area contributed by atoms with Gasteiger partial charge in [-0.1, -0.05) is 102 Å². The summed E-state index contributed by atoms with van der Waals surface area (Å²) in [6, 6.07) is 33.3. The first kappa shape index (κ1) is 21.1. The fourth-order valence-electron chi connectivity index (χ4n) is 8.61. The Morgan fingerprint density at radius 1 is 0.763 bits per heavy atom. The summed E-state index contributed by atoms with van der Waals surface area (Å²) in [6.07, 6.45) is 0.841. The molecule has 1 fully saturated rings. The molecule has 4 nitrogen and oxygen atoms in total. The molecular formula is C33H23ClN2O2. The van der Waals surface area contributed by atoms with Crippen LogP contribution < -0.4 is 0 Å². The van der Waals surface area contributed by atoms with Crippen molar-refractivity contribution in [2.24, 2.45) is 10.6 Å². The Labute approximate surface area is 225 Å². The van der Waals surface area contributed by atoms with Crippen molar-refractivity contribution in [3.8, 4) is 0 Å². The van der Waals surface area contributed by atoms with Gasteiger partial charge in [-0.2, -0.15) is 0 Å². The van der Waals surface area contributed by atoms with Crippen molar-refractivity contribution in [3.05, 3.63) is 141 Å². The molecule has 0 aromatic heterocycles. The lowest BCUT2D eigenvalue weighted by Gasteiger charge is -2.57. The Hall–Kier alpha value is -3.89. The molecule has 38 heavy (non-hydrogen) atoms. The van der Waals surface area contributed by atoms with Crippen molar-refractivity contribution in [2.45, 2.75) is 29.9 Å². The van der Waals surface area contributed by atoms with Crippen molar-refractivity contribution >= 4 is 23.2 Å². The van der Waals surface area contributed by atoms with E-state index in [1.54, 1.807) is 0 Å². The predicted octanol–water partition coefficient (Wildman–Crippen LogP) is 6.23. The highest BCUT2D eigenvalue weighted by Gasteiger charge is 2.85. The molecule has 4 aromatic rings. The standard InChI is InChI=1S/C33H23ClN2O2/c34-21-15-13-20(14-16-21)29-32-27-23-9-3-5-11-25(23)28(26-12-6-4-10-24(26)27)33(32,38-35-29)30-22-8-2-1-7-19(22)17-18-36(30)31(32)37/h1-16,27-28,30H,17-18H2/t27?,28?,30-,32?,33?/m1/s1. The van der Waals surface area contributed by atoms with Crippen molar-refractivity contribution in [1.29, 1.82) is 0 Å². The molecule has 0 spiro atoms. The van der Waals surface area contributed by atoms with Crippen LogP contribution in [0.4, 0.5) is 0 Å². The van der Waals surface area contributed by atoms with E-state index in [-0.39, 0.29) is 23.8 Å². The first-order valence-corrected chi connectivity index (χ1v) is 13.6. The minimum atomic E-state index is -0.990. The van der Waals surface area contributed by atoms with Crippen molar-refractivity contribution < 1.29 is 9.63 Å². The highest BCUT2D eigenvalue weighted by molar-refractivity contribution is 6.31. The number of hydrogen-bond acceptors (Lipinski definition) is 3. The summed E-state index contributed by atoms with van der Waals surface area (Å²) < 4.78 is 0. The maximum atomic E-state index is 15.2. The summed E-state index contributed by atoms with van der Waals surface area (Å²) in [5.41, 5.74) is 7.11. The lowest BCUT2D eigenvalue weighted by Crippen LogP contribution is -2.64. The van der Waals surface area contributed by atoms with Crippen LogP contribution in [-0.4, -0.2) is 28.7 Å². The first-order chi connectivity index (χ1) is 18.7. The topological polar surface area (TPSA) is 41.9 Å². The van der Waals surface area contributed by atoms with Gasteiger partial charge in [-0.3, -0.25) is 4.79 Å². The monoisotopic (exact) mass is 514 g/mol. The molecule has 5 heteroatoms. The fourth-order valence-corrected chi connectivity index (χ4v) is 8.73. The summed E-state index contributed by atoms with van der Waals surface area (Å²) in [5, 5.41) is 5.55. The fraction of sp³-hybridized carbons (Fsp3) is 0.212. The number of carbonyl (C=O) groups excluding carboxylic acids is 1. The maximum absolute atomic E-state index is 15.2. The molecule has 6 aliphatic rings. The third-order valence-electron chi connectivity index (χ3n) is 9.78. The number of benzene rings is 4. The van der Waals surface area contributed by atoms with Gasteiger partial charge in [-0.25, -0.2) is 0 Å². The van der Waals surface area contributed by atoms with Gasteiger partial charge in [0, 0.05) is 23.0 Å². The van der Waals surface area contributed by atoms with E-state index in [0.29, 0.717) is 11.6 Å². The third kappa shape index (κ3) is 2.12. The van der Waals surface area contributed by atoms with Crippen LogP contribution >= 0.6 is 11.6 Å². The van der Waals surface area contributed by atoms with Crippen LogP contribution in [0.3, 0.4) is 0 Å². The van der Waals surface area contributed by atoms with E-state index in [1.807, 2.05) is 24.3 Å². The van der Waals surface area contributed by atoms with Gasteiger partial charge in [0.15, 0.2) is 11.0 Å². The number of halogens is 1. The lowest BCUT2D eigenvalue weighted by molar-refractivity contribution is -0.140. The summed E-state index contributed by atoms with van der Waals surface area (Å²) in [4.78, 5) is 24.2. The van der Waals surface area contributed by atoms with Crippen LogP contribution in [0, 0.1) is 5.41 Å². The van der Waals surface area contributed by atoms with Crippen molar-refractivity contribution in [3.63, 3.8) is 0 Å². The molecule has 0 N–H and O–H groups in total. The van der Waals surface area contributed by atoms with Crippen LogP contribution in [0.5, 0.6) is 0 Å². The summed E-state index contributed by atoms with van der Waals surface area (Å²) >= 11 is 6.30. The average Bonchev–Trinajstić information content (AvgIpc) is 3.44. The van der Waals surface area contributed by atoms with Gasteiger partial charge in [0.25, 0.3) is 0 Å². The first-order valence-electron chi connectivity index (χ1n) is 13.3. The molecule has 0 saturated carbocycles. The van der Waals surface area contributed by atoms with Gasteiger partial charge in [0.1, 0.15) is 11.8 Å². The zero-order valence-electron chi connectivity index (χ0n) is 20.5. The number of oxime groups is 1. The molecule has 10 rings (SSSR count). The van der Waals surface area contributed by atoms with Gasteiger partial charge in [0.05, 0.1) is 5.92 Å². The van der Waals surface area contributed by atoms with Gasteiger partial charge >= 0.3 is 0 Å². The van der Waals surface area contributed by atoms with Crippen LogP contribution in [0.25, 0.3) is 0 Å². The van der Waals surface area contributed by atoms with Gasteiger partial charge in [-0.15, -0.1) is 0 Å². The Bertz CT molecular complexity index is 1680.